The average molecular weight is 309 g/mol. The van der Waals surface area contributed by atoms with Gasteiger partial charge in [0.25, 0.3) is 0 Å². The Morgan fingerprint density at radius 2 is 2.06 bits per heavy atom. The summed E-state index contributed by atoms with van der Waals surface area (Å²) in [7, 11) is 0. The van der Waals surface area contributed by atoms with Crippen molar-refractivity contribution in [3.63, 3.8) is 0 Å². The van der Waals surface area contributed by atoms with Crippen LogP contribution in [0.1, 0.15) is 26.0 Å². The van der Waals surface area contributed by atoms with E-state index in [0.717, 1.165) is 13.1 Å². The minimum absolute atomic E-state index is 0.593. The van der Waals surface area contributed by atoms with E-state index in [0.29, 0.717) is 6.04 Å². The van der Waals surface area contributed by atoms with E-state index in [-0.39, 0.29) is 0 Å². The van der Waals surface area contributed by atoms with E-state index in [1.807, 2.05) is 0 Å². The largest absolute Gasteiger partial charge is 0.342 e. The van der Waals surface area contributed by atoms with Crippen molar-refractivity contribution < 1.29 is 0 Å². The molecule has 0 saturated heterocycles. The lowest BCUT2D eigenvalue weighted by Crippen LogP contribution is -2.28. The predicted molar refractivity (Wildman–Crippen MR) is 82.1 cm³/mol. The summed E-state index contributed by atoms with van der Waals surface area (Å²) < 4.78 is 3.61. The van der Waals surface area contributed by atoms with Gasteiger partial charge in [-0.25, -0.2) is 0 Å². The minimum atomic E-state index is 0.593. The van der Waals surface area contributed by atoms with E-state index in [2.05, 4.69) is 70.9 Å². The second-order valence-corrected chi connectivity index (χ2v) is 5.62. The number of rotatable bonds is 5. The fourth-order valence-electron chi connectivity index (χ4n) is 2.24. The van der Waals surface area contributed by atoms with Gasteiger partial charge in [-0.2, -0.15) is 0 Å². The van der Waals surface area contributed by atoms with E-state index in [4.69, 9.17) is 0 Å². The highest BCUT2D eigenvalue weighted by Gasteiger charge is 2.10. The van der Waals surface area contributed by atoms with Gasteiger partial charge in [-0.1, -0.05) is 25.1 Å². The molecule has 1 unspecified atom stereocenters. The monoisotopic (exact) mass is 308 g/mol. The third-order valence-electron chi connectivity index (χ3n) is 3.59. The number of fused-ring (bicyclic) bond motifs is 1. The summed E-state index contributed by atoms with van der Waals surface area (Å²) in [6.45, 7) is 8.65. The van der Waals surface area contributed by atoms with E-state index in [9.17, 15) is 0 Å². The molecule has 98 valence electrons. The first-order chi connectivity index (χ1) is 8.65. The molecule has 2 rings (SSSR count). The first-order valence-electron chi connectivity index (χ1n) is 6.61. The number of nitrogens with one attached hydrogen (secondary N) is 1. The zero-order valence-electron chi connectivity index (χ0n) is 11.3. The number of hydrogen-bond donors (Lipinski definition) is 1. The fourth-order valence-corrected chi connectivity index (χ4v) is 2.79. The number of benzene rings is 1. The molecule has 2 nitrogen and oxygen atoms in total. The van der Waals surface area contributed by atoms with Crippen molar-refractivity contribution in [3.8, 4) is 0 Å². The smallest absolute Gasteiger partial charge is 0.0494 e. The Morgan fingerprint density at radius 1 is 1.33 bits per heavy atom. The summed E-state index contributed by atoms with van der Waals surface area (Å²) in [5.74, 6) is 0. The number of halogens is 1. The molecule has 0 aliphatic rings. The van der Waals surface area contributed by atoms with Gasteiger partial charge in [0.2, 0.25) is 0 Å². The van der Waals surface area contributed by atoms with E-state index in [1.165, 1.54) is 27.5 Å². The van der Waals surface area contributed by atoms with Crippen LogP contribution >= 0.6 is 15.9 Å². The maximum absolute atomic E-state index is 3.69. The second kappa shape index (κ2) is 5.89. The van der Waals surface area contributed by atoms with Gasteiger partial charge in [-0.05, 0) is 42.3 Å². The van der Waals surface area contributed by atoms with Crippen LogP contribution in [0.4, 0.5) is 0 Å². The van der Waals surface area contributed by atoms with E-state index >= 15 is 0 Å². The molecular weight excluding hydrogens is 288 g/mol. The van der Waals surface area contributed by atoms with Crippen LogP contribution in [-0.4, -0.2) is 17.2 Å². The van der Waals surface area contributed by atoms with Crippen LogP contribution in [0, 0.1) is 6.92 Å². The maximum atomic E-state index is 3.69. The molecule has 0 amide bonds. The van der Waals surface area contributed by atoms with Crippen LogP contribution in [0.25, 0.3) is 10.9 Å². The van der Waals surface area contributed by atoms with Crippen molar-refractivity contribution in [1.29, 1.82) is 0 Å². The Bertz CT molecular complexity index is 531. The van der Waals surface area contributed by atoms with Crippen LogP contribution in [0.3, 0.4) is 0 Å². The Kier molecular flexibility index (Phi) is 4.46. The summed E-state index contributed by atoms with van der Waals surface area (Å²) in [5, 5.41) is 4.85. The zero-order valence-corrected chi connectivity index (χ0v) is 12.9. The molecule has 18 heavy (non-hydrogen) atoms. The third kappa shape index (κ3) is 2.62. The summed E-state index contributed by atoms with van der Waals surface area (Å²) >= 11 is 3.69. The standard InChI is InChI=1S/C15H21BrN2/c1-4-11(2)17-9-10-18-12(3)15(16)13-7-5-6-8-14(13)18/h5-8,11,17H,4,9-10H2,1-3H3. The Hall–Kier alpha value is -0.800. The summed E-state index contributed by atoms with van der Waals surface area (Å²) in [5.41, 5.74) is 2.62. The first-order valence-corrected chi connectivity index (χ1v) is 7.41. The predicted octanol–water partition coefficient (Wildman–Crippen LogP) is 4.10. The number of hydrogen-bond acceptors (Lipinski definition) is 1. The number of aromatic nitrogens is 1. The average Bonchev–Trinajstić information content (AvgIpc) is 2.64. The quantitative estimate of drug-likeness (QED) is 0.880. The van der Waals surface area contributed by atoms with Crippen molar-refractivity contribution in [3.05, 3.63) is 34.4 Å². The fraction of sp³-hybridized carbons (Fsp3) is 0.467. The number of nitrogens with zero attached hydrogens (tertiary/aromatic N) is 1. The van der Waals surface area contributed by atoms with Gasteiger partial charge in [0.1, 0.15) is 0 Å². The van der Waals surface area contributed by atoms with Crippen LogP contribution in [0.2, 0.25) is 0 Å². The highest BCUT2D eigenvalue weighted by Crippen LogP contribution is 2.30. The molecular formula is C15H21BrN2. The highest BCUT2D eigenvalue weighted by atomic mass is 79.9. The molecule has 0 bridgehead atoms. The molecule has 0 fully saturated rings. The van der Waals surface area contributed by atoms with Crippen LogP contribution in [-0.2, 0) is 6.54 Å². The Morgan fingerprint density at radius 3 is 2.78 bits per heavy atom. The van der Waals surface area contributed by atoms with E-state index in [1.54, 1.807) is 0 Å². The van der Waals surface area contributed by atoms with Crippen LogP contribution in [0.5, 0.6) is 0 Å². The normalized spacial score (nSPS) is 13.1. The topological polar surface area (TPSA) is 17.0 Å². The summed E-state index contributed by atoms with van der Waals surface area (Å²) in [6.07, 6.45) is 1.18. The van der Waals surface area contributed by atoms with Crippen LogP contribution < -0.4 is 5.32 Å². The van der Waals surface area contributed by atoms with Crippen molar-refractivity contribution >= 4 is 26.8 Å². The molecule has 1 aromatic heterocycles. The molecule has 2 aromatic rings. The Balaban J connectivity index is 2.20. The first kappa shape index (κ1) is 13.6. The van der Waals surface area contributed by atoms with E-state index < -0.39 is 0 Å². The van der Waals surface area contributed by atoms with Gasteiger partial charge in [-0.3, -0.25) is 0 Å². The molecule has 1 atom stereocenters. The molecule has 0 spiro atoms. The maximum Gasteiger partial charge on any atom is 0.0494 e. The van der Waals surface area contributed by atoms with Crippen molar-refractivity contribution in [2.24, 2.45) is 0 Å². The lowest BCUT2D eigenvalue weighted by molar-refractivity contribution is 0.506. The SMILES string of the molecule is CCC(C)NCCn1c(C)c(Br)c2ccccc21. The molecule has 0 radical (unpaired) electrons. The third-order valence-corrected chi connectivity index (χ3v) is 4.60. The minimum Gasteiger partial charge on any atom is -0.342 e. The molecule has 3 heteroatoms. The van der Waals surface area contributed by atoms with Gasteiger partial charge < -0.3 is 9.88 Å². The molecule has 0 aliphatic carbocycles. The molecule has 1 N–H and O–H groups in total. The summed E-state index contributed by atoms with van der Waals surface area (Å²) in [4.78, 5) is 0. The van der Waals surface area contributed by atoms with Crippen LogP contribution in [0.15, 0.2) is 28.7 Å². The highest BCUT2D eigenvalue weighted by molar-refractivity contribution is 9.10. The molecule has 1 aromatic carbocycles. The summed E-state index contributed by atoms with van der Waals surface area (Å²) in [6, 6.07) is 9.15. The van der Waals surface area contributed by atoms with Gasteiger partial charge in [0, 0.05) is 40.2 Å². The second-order valence-electron chi connectivity index (χ2n) is 4.83. The van der Waals surface area contributed by atoms with Gasteiger partial charge in [0.15, 0.2) is 0 Å². The van der Waals surface area contributed by atoms with Gasteiger partial charge >= 0.3 is 0 Å². The Labute approximate surface area is 118 Å². The lowest BCUT2D eigenvalue weighted by atomic mass is 10.2. The lowest BCUT2D eigenvalue weighted by Gasteiger charge is -2.13. The zero-order chi connectivity index (χ0) is 13.1. The van der Waals surface area contributed by atoms with Crippen molar-refractivity contribution in [2.45, 2.75) is 39.8 Å². The van der Waals surface area contributed by atoms with Crippen molar-refractivity contribution in [1.82, 2.24) is 9.88 Å². The van der Waals surface area contributed by atoms with Gasteiger partial charge in [-0.15, -0.1) is 0 Å². The molecule has 1 heterocycles. The molecule has 0 saturated carbocycles. The number of para-hydroxylation sites is 1. The molecule has 0 aliphatic heterocycles. The van der Waals surface area contributed by atoms with Gasteiger partial charge in [0.05, 0.1) is 0 Å². The van der Waals surface area contributed by atoms with Crippen molar-refractivity contribution in [2.75, 3.05) is 6.54 Å².